The minimum Gasteiger partial charge on any atom is -0.344 e. The normalized spacial score (nSPS) is 15.3. The number of benzene rings is 4. The van der Waals surface area contributed by atoms with E-state index < -0.39 is 60.4 Å². The molecule has 6 rings (SSSR count). The van der Waals surface area contributed by atoms with Crippen molar-refractivity contribution in [2.45, 2.75) is 5.51 Å². The molecule has 0 saturated heterocycles. The van der Waals surface area contributed by atoms with Crippen molar-refractivity contribution in [1.82, 2.24) is 10.1 Å². The summed E-state index contributed by atoms with van der Waals surface area (Å²) >= 11 is 0. The van der Waals surface area contributed by atoms with Crippen LogP contribution in [0.2, 0.25) is 0 Å². The Labute approximate surface area is 255 Å². The predicted molar refractivity (Wildman–Crippen MR) is 149 cm³/mol. The number of anilines is 2. The fourth-order valence-corrected chi connectivity index (χ4v) is 6.06. The Morgan fingerprint density at radius 2 is 1.04 bits per heavy atom. The van der Waals surface area contributed by atoms with Gasteiger partial charge in [-0.25, -0.2) is 4.39 Å². The quantitative estimate of drug-likeness (QED) is 0.158. The van der Waals surface area contributed by atoms with Crippen molar-refractivity contribution in [3.63, 3.8) is 0 Å². The van der Waals surface area contributed by atoms with E-state index in [0.717, 1.165) is 12.1 Å². The fraction of sp³-hybridized carbons (Fsp3) is 0.111. The SMILES string of the molecule is CN(c1ccc2c3c(cccc13)C(=O)N(OS(=O)(=O)CF)C2=O)c1ccc2c3c(cccc13)C(=O)N(OS(=O)(=O)C(F)(F)F)C2=O. The first kappa shape index (κ1) is 31.0. The molecule has 0 aliphatic carbocycles. The van der Waals surface area contributed by atoms with Gasteiger partial charge in [-0.3, -0.25) is 19.2 Å². The zero-order valence-electron chi connectivity index (χ0n) is 22.7. The minimum absolute atomic E-state index is 0.0129. The summed E-state index contributed by atoms with van der Waals surface area (Å²) in [5, 5.41) is 0.128. The van der Waals surface area contributed by atoms with Crippen LogP contribution in [0.15, 0.2) is 60.7 Å². The third-order valence-electron chi connectivity index (χ3n) is 7.20. The number of alkyl halides is 4. The van der Waals surface area contributed by atoms with E-state index in [1.807, 2.05) is 0 Å². The van der Waals surface area contributed by atoms with E-state index in [4.69, 9.17) is 0 Å². The van der Waals surface area contributed by atoms with Crippen molar-refractivity contribution in [3.8, 4) is 0 Å². The van der Waals surface area contributed by atoms with Crippen molar-refractivity contribution < 1.29 is 62.1 Å². The molecular formula is C27H15F4N3O10S2. The maximum absolute atomic E-state index is 13.1. The molecular weight excluding hydrogens is 666 g/mol. The molecule has 0 aromatic heterocycles. The summed E-state index contributed by atoms with van der Waals surface area (Å²) in [5.41, 5.74) is -6.18. The summed E-state index contributed by atoms with van der Waals surface area (Å²) in [6.45, 7) is 0. The number of hydroxylamine groups is 4. The molecule has 4 aromatic rings. The molecule has 0 atom stereocenters. The molecule has 46 heavy (non-hydrogen) atoms. The van der Waals surface area contributed by atoms with Gasteiger partial charge in [-0.2, -0.15) is 30.0 Å². The number of halogens is 4. The van der Waals surface area contributed by atoms with E-state index in [9.17, 15) is 53.6 Å². The Morgan fingerprint density at radius 1 is 0.652 bits per heavy atom. The van der Waals surface area contributed by atoms with Gasteiger partial charge in [0.1, 0.15) is 0 Å². The average molecular weight is 682 g/mol. The largest absolute Gasteiger partial charge is 0.525 e. The monoisotopic (exact) mass is 681 g/mol. The Kier molecular flexibility index (Phi) is 6.93. The summed E-state index contributed by atoms with van der Waals surface area (Å²) in [4.78, 5) is 53.8. The highest BCUT2D eigenvalue weighted by Gasteiger charge is 2.51. The molecule has 2 aliphatic rings. The Morgan fingerprint density at radius 3 is 1.43 bits per heavy atom. The lowest BCUT2D eigenvalue weighted by Gasteiger charge is -2.30. The van der Waals surface area contributed by atoms with Gasteiger partial charge in [-0.1, -0.05) is 24.3 Å². The average Bonchev–Trinajstić information content (AvgIpc) is 3.01. The molecule has 2 aliphatic heterocycles. The number of amides is 4. The first-order valence-corrected chi connectivity index (χ1v) is 15.6. The van der Waals surface area contributed by atoms with Crippen LogP contribution in [0.4, 0.5) is 28.9 Å². The van der Waals surface area contributed by atoms with Gasteiger partial charge in [0.05, 0.1) is 22.3 Å². The molecule has 0 bridgehead atoms. The summed E-state index contributed by atoms with van der Waals surface area (Å²) < 4.78 is 107. The molecule has 4 aromatic carbocycles. The lowest BCUT2D eigenvalue weighted by Crippen LogP contribution is -2.44. The van der Waals surface area contributed by atoms with Gasteiger partial charge in [-0.15, -0.1) is 18.7 Å². The number of hydrogen-bond acceptors (Lipinski definition) is 11. The van der Waals surface area contributed by atoms with Gasteiger partial charge in [0, 0.05) is 40.0 Å². The van der Waals surface area contributed by atoms with Gasteiger partial charge in [0.2, 0.25) is 6.01 Å². The van der Waals surface area contributed by atoms with E-state index in [2.05, 4.69) is 8.57 Å². The van der Waals surface area contributed by atoms with Gasteiger partial charge in [-0.05, 0) is 36.4 Å². The summed E-state index contributed by atoms with van der Waals surface area (Å²) in [6, 6.07) is 11.6. The van der Waals surface area contributed by atoms with Crippen LogP contribution in [0.1, 0.15) is 41.4 Å². The van der Waals surface area contributed by atoms with Crippen LogP contribution in [-0.4, -0.2) is 69.2 Å². The summed E-state index contributed by atoms with van der Waals surface area (Å²) in [6.07, 6.45) is 0. The molecule has 13 nitrogen and oxygen atoms in total. The maximum atomic E-state index is 13.1. The van der Waals surface area contributed by atoms with Crippen LogP contribution >= 0.6 is 0 Å². The highest BCUT2D eigenvalue weighted by Crippen LogP contribution is 2.42. The fourth-order valence-electron chi connectivity index (χ4n) is 5.24. The molecule has 0 fully saturated rings. The molecule has 0 radical (unpaired) electrons. The van der Waals surface area contributed by atoms with E-state index in [1.54, 1.807) is 18.0 Å². The van der Waals surface area contributed by atoms with Crippen molar-refractivity contribution >= 4 is 76.8 Å². The van der Waals surface area contributed by atoms with Crippen molar-refractivity contribution in [3.05, 3.63) is 82.9 Å². The first-order chi connectivity index (χ1) is 21.5. The van der Waals surface area contributed by atoms with Crippen LogP contribution in [-0.2, 0) is 28.8 Å². The van der Waals surface area contributed by atoms with Gasteiger partial charge >= 0.3 is 25.7 Å². The van der Waals surface area contributed by atoms with Crippen molar-refractivity contribution in [2.24, 2.45) is 0 Å². The third-order valence-corrected chi connectivity index (χ3v) is 8.75. The number of nitrogens with zero attached hydrogens (tertiary/aromatic N) is 3. The molecule has 238 valence electrons. The van der Waals surface area contributed by atoms with Crippen LogP contribution in [0.25, 0.3) is 21.5 Å². The number of hydrogen-bond donors (Lipinski definition) is 0. The van der Waals surface area contributed by atoms with Crippen LogP contribution in [0.3, 0.4) is 0 Å². The summed E-state index contributed by atoms with van der Waals surface area (Å²) in [7, 11) is -9.71. The van der Waals surface area contributed by atoms with E-state index in [0.29, 0.717) is 16.8 Å². The van der Waals surface area contributed by atoms with E-state index >= 15 is 0 Å². The zero-order chi connectivity index (χ0) is 33.5. The number of imide groups is 2. The molecule has 0 saturated carbocycles. The second kappa shape index (κ2) is 10.3. The minimum atomic E-state index is -6.37. The lowest BCUT2D eigenvalue weighted by atomic mass is 9.92. The molecule has 0 spiro atoms. The molecule has 4 amide bonds. The second-order valence-corrected chi connectivity index (χ2v) is 12.8. The van der Waals surface area contributed by atoms with Crippen LogP contribution in [0, 0.1) is 0 Å². The number of carbonyl (C=O) groups is 4. The predicted octanol–water partition coefficient (Wildman–Crippen LogP) is 3.92. The van der Waals surface area contributed by atoms with E-state index in [-0.39, 0.29) is 43.5 Å². The van der Waals surface area contributed by atoms with E-state index in [1.165, 1.54) is 42.5 Å². The highest BCUT2D eigenvalue weighted by atomic mass is 32.2. The maximum Gasteiger partial charge on any atom is 0.525 e. The zero-order valence-corrected chi connectivity index (χ0v) is 24.4. The Bertz CT molecular complexity index is 2250. The molecule has 0 N–H and O–H groups in total. The molecule has 19 heteroatoms. The van der Waals surface area contributed by atoms with Gasteiger partial charge in [0.15, 0.2) is 0 Å². The summed E-state index contributed by atoms with van der Waals surface area (Å²) in [5.74, 6) is -5.26. The molecule has 0 unspecified atom stereocenters. The van der Waals surface area contributed by atoms with Crippen molar-refractivity contribution in [2.75, 3.05) is 18.0 Å². The second-order valence-electron chi connectivity index (χ2n) is 9.80. The van der Waals surface area contributed by atoms with Crippen LogP contribution < -0.4 is 4.90 Å². The van der Waals surface area contributed by atoms with Crippen molar-refractivity contribution in [1.29, 1.82) is 0 Å². The Balaban J connectivity index is 1.45. The van der Waals surface area contributed by atoms with Gasteiger partial charge in [0.25, 0.3) is 23.6 Å². The highest BCUT2D eigenvalue weighted by molar-refractivity contribution is 7.87. The Hall–Kier alpha value is -4.98. The lowest BCUT2D eigenvalue weighted by molar-refractivity contribution is -0.0761. The van der Waals surface area contributed by atoms with Gasteiger partial charge < -0.3 is 4.90 Å². The number of carbonyl (C=O) groups excluding carboxylic acids is 4. The standard InChI is InChI=1S/C27H15F4N3O10S2/c1-32(19-10-8-17-21-13(19)4-2-6-15(21)23(35)33(25(17)37)43-45(39,40)12-28)20-11-9-18-22-14(20)5-3-7-16(22)24(36)34(26(18)38)44-46(41,42)27(29,30)31/h2-11H,12H2,1H3. The number of rotatable bonds is 7. The first-order valence-electron chi connectivity index (χ1n) is 12.6. The smallest absolute Gasteiger partial charge is 0.344 e. The third kappa shape index (κ3) is 4.58. The topological polar surface area (TPSA) is 165 Å². The molecule has 2 heterocycles. The van der Waals surface area contributed by atoms with Crippen LogP contribution in [0.5, 0.6) is 0 Å².